The minimum Gasteiger partial charge on any atom is -0.481 e. The van der Waals surface area contributed by atoms with E-state index >= 15 is 0 Å². The molecule has 1 aromatic rings. The van der Waals surface area contributed by atoms with E-state index in [1.165, 1.54) is 4.68 Å². The van der Waals surface area contributed by atoms with E-state index < -0.39 is 5.97 Å². The van der Waals surface area contributed by atoms with Crippen LogP contribution in [0.15, 0.2) is 0 Å². The molecule has 0 spiro atoms. The van der Waals surface area contributed by atoms with Gasteiger partial charge in [-0.15, -0.1) is 5.10 Å². The minimum atomic E-state index is -0.871. The van der Waals surface area contributed by atoms with Gasteiger partial charge in [0.15, 0.2) is 5.82 Å². The number of carboxylic acids is 1. The number of carboxylic acid groups (broad SMARTS) is 1. The van der Waals surface area contributed by atoms with Crippen LogP contribution in [0.25, 0.3) is 0 Å². The van der Waals surface area contributed by atoms with Crippen LogP contribution in [0, 0.1) is 5.41 Å². The van der Waals surface area contributed by atoms with Crippen molar-refractivity contribution in [3.63, 3.8) is 0 Å². The molecule has 17 heavy (non-hydrogen) atoms. The Labute approximate surface area is 99.8 Å². The molecule has 0 amide bonds. The van der Waals surface area contributed by atoms with E-state index in [-0.39, 0.29) is 24.5 Å². The molecular weight excluding hydrogens is 224 g/mol. The van der Waals surface area contributed by atoms with Crippen molar-refractivity contribution in [3.05, 3.63) is 5.82 Å². The second kappa shape index (κ2) is 5.22. The van der Waals surface area contributed by atoms with Crippen LogP contribution in [-0.2, 0) is 16.1 Å². The summed E-state index contributed by atoms with van der Waals surface area (Å²) in [6.07, 6.45) is -0.0226. The van der Waals surface area contributed by atoms with Gasteiger partial charge in [0.2, 0.25) is 0 Å². The highest BCUT2D eigenvalue weighted by Gasteiger charge is 2.31. The molecule has 0 radical (unpaired) electrons. The number of methoxy groups -OCH3 is 1. The Balaban J connectivity index is 3.04. The summed E-state index contributed by atoms with van der Waals surface area (Å²) < 4.78 is 6.52. The van der Waals surface area contributed by atoms with E-state index in [9.17, 15) is 4.79 Å². The first-order chi connectivity index (χ1) is 7.86. The topological polar surface area (TPSA) is 90.1 Å². The molecule has 0 aliphatic carbocycles. The minimum absolute atomic E-state index is 0.0226. The first-order valence-electron chi connectivity index (χ1n) is 5.33. The van der Waals surface area contributed by atoms with Crippen molar-refractivity contribution >= 4 is 5.97 Å². The SMILES string of the molecule is COCc1nnnn1C(CC(=O)O)C(C)(C)C. The van der Waals surface area contributed by atoms with Crippen molar-refractivity contribution in [2.24, 2.45) is 5.41 Å². The fourth-order valence-corrected chi connectivity index (χ4v) is 1.60. The van der Waals surface area contributed by atoms with Crippen LogP contribution < -0.4 is 0 Å². The maximum absolute atomic E-state index is 10.9. The summed E-state index contributed by atoms with van der Waals surface area (Å²) in [6.45, 7) is 6.13. The van der Waals surface area contributed by atoms with Crippen LogP contribution in [0.5, 0.6) is 0 Å². The highest BCUT2D eigenvalue weighted by atomic mass is 16.5. The number of rotatable bonds is 5. The lowest BCUT2D eigenvalue weighted by atomic mass is 9.85. The number of tetrazole rings is 1. The van der Waals surface area contributed by atoms with Crippen LogP contribution >= 0.6 is 0 Å². The molecule has 96 valence electrons. The van der Waals surface area contributed by atoms with Gasteiger partial charge in [0.05, 0.1) is 12.5 Å². The van der Waals surface area contributed by atoms with E-state index in [1.54, 1.807) is 7.11 Å². The predicted octanol–water partition coefficient (Wildman–Crippen LogP) is 0.881. The fraction of sp³-hybridized carbons (Fsp3) is 0.800. The van der Waals surface area contributed by atoms with Gasteiger partial charge >= 0.3 is 5.97 Å². The van der Waals surface area contributed by atoms with E-state index in [0.717, 1.165) is 0 Å². The van der Waals surface area contributed by atoms with Crippen molar-refractivity contribution in [2.45, 2.75) is 39.8 Å². The Morgan fingerprint density at radius 2 is 2.18 bits per heavy atom. The lowest BCUT2D eigenvalue weighted by Gasteiger charge is -2.29. The largest absolute Gasteiger partial charge is 0.481 e. The average Bonchev–Trinajstić information content (AvgIpc) is 2.61. The predicted molar refractivity (Wildman–Crippen MR) is 59.3 cm³/mol. The van der Waals surface area contributed by atoms with Gasteiger partial charge in [-0.1, -0.05) is 20.8 Å². The Morgan fingerprint density at radius 1 is 1.53 bits per heavy atom. The zero-order valence-corrected chi connectivity index (χ0v) is 10.5. The summed E-state index contributed by atoms with van der Waals surface area (Å²) >= 11 is 0. The second-order valence-electron chi connectivity index (χ2n) is 4.95. The molecule has 0 aliphatic heterocycles. The maximum atomic E-state index is 10.9. The lowest BCUT2D eigenvalue weighted by Crippen LogP contribution is -2.29. The molecule has 0 aliphatic rings. The number of nitrogens with zero attached hydrogens (tertiary/aromatic N) is 4. The summed E-state index contributed by atoms with van der Waals surface area (Å²) in [5, 5.41) is 20.2. The number of carbonyl (C=O) groups is 1. The average molecular weight is 242 g/mol. The van der Waals surface area contributed by atoms with Crippen molar-refractivity contribution in [1.29, 1.82) is 0 Å². The number of ether oxygens (including phenoxy) is 1. The zero-order chi connectivity index (χ0) is 13.1. The van der Waals surface area contributed by atoms with Crippen LogP contribution in [0.1, 0.15) is 39.1 Å². The molecule has 7 nitrogen and oxygen atoms in total. The summed E-state index contributed by atoms with van der Waals surface area (Å²) in [5.41, 5.74) is -0.254. The maximum Gasteiger partial charge on any atom is 0.305 e. The molecule has 1 atom stereocenters. The molecule has 7 heteroatoms. The molecule has 0 saturated heterocycles. The third-order valence-electron chi connectivity index (χ3n) is 2.50. The Kier molecular flexibility index (Phi) is 4.17. The zero-order valence-electron chi connectivity index (χ0n) is 10.5. The molecular formula is C10H18N4O3. The van der Waals surface area contributed by atoms with Crippen molar-refractivity contribution in [2.75, 3.05) is 7.11 Å². The molecule has 0 fully saturated rings. The molecule has 1 aromatic heterocycles. The molecule has 0 bridgehead atoms. The summed E-state index contributed by atoms with van der Waals surface area (Å²) in [7, 11) is 1.54. The van der Waals surface area contributed by atoms with Crippen LogP contribution in [0.2, 0.25) is 0 Å². The molecule has 0 aromatic carbocycles. The van der Waals surface area contributed by atoms with Gasteiger partial charge in [0.25, 0.3) is 0 Å². The molecule has 0 saturated carbocycles. The van der Waals surface area contributed by atoms with Gasteiger partial charge in [-0.2, -0.15) is 0 Å². The summed E-state index contributed by atoms with van der Waals surface area (Å²) in [5.74, 6) is -0.336. The highest BCUT2D eigenvalue weighted by molar-refractivity contribution is 5.67. The van der Waals surface area contributed by atoms with Gasteiger partial charge in [0.1, 0.15) is 6.61 Å². The van der Waals surface area contributed by atoms with Gasteiger partial charge in [-0.3, -0.25) is 4.79 Å². The monoisotopic (exact) mass is 242 g/mol. The number of aromatic nitrogens is 4. The summed E-state index contributed by atoms with van der Waals surface area (Å²) in [4.78, 5) is 10.9. The van der Waals surface area contributed by atoms with Gasteiger partial charge in [0, 0.05) is 7.11 Å². The Bertz CT molecular complexity index is 383. The van der Waals surface area contributed by atoms with Gasteiger partial charge in [-0.05, 0) is 15.8 Å². The Morgan fingerprint density at radius 3 is 2.65 bits per heavy atom. The number of hydrogen-bond acceptors (Lipinski definition) is 5. The molecule has 1 rings (SSSR count). The normalized spacial score (nSPS) is 13.6. The van der Waals surface area contributed by atoms with E-state index in [1.807, 2.05) is 20.8 Å². The van der Waals surface area contributed by atoms with Crippen LogP contribution in [0.3, 0.4) is 0 Å². The smallest absolute Gasteiger partial charge is 0.305 e. The fourth-order valence-electron chi connectivity index (χ4n) is 1.60. The summed E-state index contributed by atoms with van der Waals surface area (Å²) in [6, 6.07) is -0.305. The molecule has 1 N–H and O–H groups in total. The van der Waals surface area contributed by atoms with E-state index in [2.05, 4.69) is 15.5 Å². The third-order valence-corrected chi connectivity index (χ3v) is 2.50. The Hall–Kier alpha value is -1.50. The molecule has 1 unspecified atom stereocenters. The molecule has 1 heterocycles. The number of hydrogen-bond donors (Lipinski definition) is 1. The first kappa shape index (κ1) is 13.6. The van der Waals surface area contributed by atoms with Crippen molar-refractivity contribution in [3.8, 4) is 0 Å². The van der Waals surface area contributed by atoms with Crippen molar-refractivity contribution in [1.82, 2.24) is 20.2 Å². The number of aliphatic carboxylic acids is 1. The van der Waals surface area contributed by atoms with Crippen LogP contribution in [0.4, 0.5) is 0 Å². The van der Waals surface area contributed by atoms with E-state index in [4.69, 9.17) is 9.84 Å². The third kappa shape index (κ3) is 3.48. The lowest BCUT2D eigenvalue weighted by molar-refractivity contribution is -0.139. The second-order valence-corrected chi connectivity index (χ2v) is 4.95. The standard InChI is InChI=1S/C10H18N4O3/c1-10(2,3)7(5-9(15)16)14-8(6-17-4)11-12-13-14/h7H,5-6H2,1-4H3,(H,15,16). The first-order valence-corrected chi connectivity index (χ1v) is 5.33. The van der Waals surface area contributed by atoms with Crippen molar-refractivity contribution < 1.29 is 14.6 Å². The highest BCUT2D eigenvalue weighted by Crippen LogP contribution is 2.33. The van der Waals surface area contributed by atoms with Gasteiger partial charge in [-0.25, -0.2) is 4.68 Å². The van der Waals surface area contributed by atoms with Crippen LogP contribution in [-0.4, -0.2) is 38.4 Å². The van der Waals surface area contributed by atoms with E-state index in [0.29, 0.717) is 5.82 Å². The quantitative estimate of drug-likeness (QED) is 0.824. The van der Waals surface area contributed by atoms with Gasteiger partial charge < -0.3 is 9.84 Å².